The molecule has 3 nitrogen and oxygen atoms in total. The zero-order valence-corrected chi connectivity index (χ0v) is 10.5. The Morgan fingerprint density at radius 3 is 2.56 bits per heavy atom. The van der Waals surface area contributed by atoms with Gasteiger partial charge in [0, 0.05) is 19.1 Å². The van der Waals surface area contributed by atoms with Crippen LogP contribution in [0.3, 0.4) is 0 Å². The summed E-state index contributed by atoms with van der Waals surface area (Å²) in [4.78, 5) is 2.45. The molecule has 2 rings (SSSR count). The molecule has 2 atom stereocenters. The van der Waals surface area contributed by atoms with Crippen molar-refractivity contribution in [3.8, 4) is 0 Å². The molecule has 2 unspecified atom stereocenters. The van der Waals surface area contributed by atoms with Gasteiger partial charge in [-0.2, -0.15) is 0 Å². The van der Waals surface area contributed by atoms with Gasteiger partial charge in [0.25, 0.3) is 0 Å². The van der Waals surface area contributed by atoms with Gasteiger partial charge in [0.1, 0.15) is 0 Å². The maximum absolute atomic E-state index is 10.5. The van der Waals surface area contributed by atoms with E-state index in [1.807, 2.05) is 0 Å². The standard InChI is InChI=1S/C13H26N2O/c1-11-7-12(8-14)9-15(11)10-13(16)5-3-2-4-6-13/h11-12,16H,2-10,14H2,1H3. The van der Waals surface area contributed by atoms with Crippen LogP contribution in [0.1, 0.15) is 45.4 Å². The second kappa shape index (κ2) is 5.03. The van der Waals surface area contributed by atoms with Crippen LogP contribution in [0.5, 0.6) is 0 Å². The Morgan fingerprint density at radius 1 is 1.31 bits per heavy atom. The highest BCUT2D eigenvalue weighted by Crippen LogP contribution is 2.32. The fourth-order valence-electron chi connectivity index (χ4n) is 3.35. The minimum absolute atomic E-state index is 0.407. The lowest BCUT2D eigenvalue weighted by Gasteiger charge is -2.37. The number of aliphatic hydroxyl groups is 1. The van der Waals surface area contributed by atoms with Crippen LogP contribution in [0.2, 0.25) is 0 Å². The summed E-state index contributed by atoms with van der Waals surface area (Å²) in [6, 6.07) is 0.597. The van der Waals surface area contributed by atoms with E-state index < -0.39 is 5.60 Å². The minimum atomic E-state index is -0.407. The molecule has 1 heterocycles. The molecular formula is C13H26N2O. The van der Waals surface area contributed by atoms with Crippen LogP contribution in [0, 0.1) is 5.92 Å². The Labute approximate surface area is 99.0 Å². The predicted octanol–water partition coefficient (Wildman–Crippen LogP) is 1.35. The Bertz CT molecular complexity index is 226. The van der Waals surface area contributed by atoms with E-state index in [-0.39, 0.29) is 0 Å². The number of nitrogens with two attached hydrogens (primary N) is 1. The average Bonchev–Trinajstić information content (AvgIpc) is 2.60. The molecule has 0 radical (unpaired) electrons. The molecule has 1 saturated carbocycles. The van der Waals surface area contributed by atoms with Gasteiger partial charge >= 0.3 is 0 Å². The monoisotopic (exact) mass is 226 g/mol. The lowest BCUT2D eigenvalue weighted by atomic mass is 9.84. The molecular weight excluding hydrogens is 200 g/mol. The summed E-state index contributed by atoms with van der Waals surface area (Å²) in [6.07, 6.45) is 6.86. The van der Waals surface area contributed by atoms with Crippen molar-refractivity contribution >= 4 is 0 Å². The van der Waals surface area contributed by atoms with Crippen molar-refractivity contribution in [2.24, 2.45) is 11.7 Å². The number of nitrogens with zero attached hydrogens (tertiary/aromatic N) is 1. The summed E-state index contributed by atoms with van der Waals surface area (Å²) >= 11 is 0. The first kappa shape index (κ1) is 12.3. The van der Waals surface area contributed by atoms with Gasteiger partial charge in [-0.3, -0.25) is 4.90 Å². The smallest absolute Gasteiger partial charge is 0.0774 e. The molecule has 94 valence electrons. The van der Waals surface area contributed by atoms with E-state index in [0.29, 0.717) is 12.0 Å². The van der Waals surface area contributed by atoms with Crippen LogP contribution in [-0.2, 0) is 0 Å². The molecule has 0 aromatic rings. The summed E-state index contributed by atoms with van der Waals surface area (Å²) < 4.78 is 0. The van der Waals surface area contributed by atoms with Crippen LogP contribution in [0.15, 0.2) is 0 Å². The first-order valence-corrected chi connectivity index (χ1v) is 6.79. The summed E-state index contributed by atoms with van der Waals surface area (Å²) in [5, 5.41) is 10.5. The molecule has 3 N–H and O–H groups in total. The minimum Gasteiger partial charge on any atom is -0.389 e. The molecule has 16 heavy (non-hydrogen) atoms. The molecule has 0 aromatic heterocycles. The van der Waals surface area contributed by atoms with E-state index in [1.54, 1.807) is 0 Å². The number of rotatable bonds is 3. The summed E-state index contributed by atoms with van der Waals surface area (Å²) in [7, 11) is 0. The number of likely N-dealkylation sites (tertiary alicyclic amines) is 1. The maximum atomic E-state index is 10.5. The van der Waals surface area contributed by atoms with Gasteiger partial charge in [0.15, 0.2) is 0 Å². The van der Waals surface area contributed by atoms with Crippen molar-refractivity contribution < 1.29 is 5.11 Å². The van der Waals surface area contributed by atoms with Gasteiger partial charge in [0.05, 0.1) is 5.60 Å². The SMILES string of the molecule is CC1CC(CN)CN1CC1(O)CCCCC1. The number of hydrogen-bond donors (Lipinski definition) is 2. The summed E-state index contributed by atoms with van der Waals surface area (Å²) in [5.41, 5.74) is 5.33. The number of hydrogen-bond acceptors (Lipinski definition) is 3. The fraction of sp³-hybridized carbons (Fsp3) is 1.00. The number of β-amino-alcohol motifs (C(OH)–C–C–N with tert-alkyl or cyclic N) is 1. The third kappa shape index (κ3) is 2.76. The van der Waals surface area contributed by atoms with Crippen molar-refractivity contribution in [2.45, 2.75) is 57.1 Å². The molecule has 0 bridgehead atoms. The Kier molecular flexibility index (Phi) is 3.88. The van der Waals surface area contributed by atoms with Crippen molar-refractivity contribution in [3.63, 3.8) is 0 Å². The Balaban J connectivity index is 1.88. The third-order valence-corrected chi connectivity index (χ3v) is 4.41. The highest BCUT2D eigenvalue weighted by molar-refractivity contribution is 4.91. The first-order chi connectivity index (χ1) is 7.63. The average molecular weight is 226 g/mol. The predicted molar refractivity (Wildman–Crippen MR) is 66.2 cm³/mol. The van der Waals surface area contributed by atoms with Gasteiger partial charge in [-0.05, 0) is 38.6 Å². The van der Waals surface area contributed by atoms with E-state index >= 15 is 0 Å². The molecule has 0 amide bonds. The van der Waals surface area contributed by atoms with Crippen molar-refractivity contribution in [1.29, 1.82) is 0 Å². The van der Waals surface area contributed by atoms with E-state index in [9.17, 15) is 5.11 Å². The topological polar surface area (TPSA) is 49.5 Å². The molecule has 2 fully saturated rings. The summed E-state index contributed by atoms with van der Waals surface area (Å²) in [5.74, 6) is 0.641. The zero-order valence-electron chi connectivity index (χ0n) is 10.5. The third-order valence-electron chi connectivity index (χ3n) is 4.41. The van der Waals surface area contributed by atoms with Crippen molar-refractivity contribution in [3.05, 3.63) is 0 Å². The second-order valence-electron chi connectivity index (χ2n) is 5.90. The first-order valence-electron chi connectivity index (χ1n) is 6.79. The molecule has 2 aliphatic rings. The highest BCUT2D eigenvalue weighted by atomic mass is 16.3. The van der Waals surface area contributed by atoms with Crippen molar-refractivity contribution in [1.82, 2.24) is 4.90 Å². The van der Waals surface area contributed by atoms with Crippen molar-refractivity contribution in [2.75, 3.05) is 19.6 Å². The molecule has 1 aliphatic carbocycles. The quantitative estimate of drug-likeness (QED) is 0.764. The van der Waals surface area contributed by atoms with Gasteiger partial charge in [-0.15, -0.1) is 0 Å². The van der Waals surface area contributed by atoms with Crippen LogP contribution >= 0.6 is 0 Å². The van der Waals surface area contributed by atoms with Crippen LogP contribution in [0.4, 0.5) is 0 Å². The van der Waals surface area contributed by atoms with E-state index in [2.05, 4.69) is 11.8 Å². The van der Waals surface area contributed by atoms with E-state index in [4.69, 9.17) is 5.73 Å². The molecule has 0 aromatic carbocycles. The summed E-state index contributed by atoms with van der Waals surface area (Å²) in [6.45, 7) is 5.01. The van der Waals surface area contributed by atoms with Crippen LogP contribution in [-0.4, -0.2) is 41.3 Å². The van der Waals surface area contributed by atoms with E-state index in [1.165, 1.54) is 25.7 Å². The molecule has 1 aliphatic heterocycles. The fourth-order valence-corrected chi connectivity index (χ4v) is 3.35. The molecule has 1 saturated heterocycles. The zero-order chi connectivity index (χ0) is 11.6. The van der Waals surface area contributed by atoms with Gasteiger partial charge < -0.3 is 10.8 Å². The Morgan fingerprint density at radius 2 is 2.00 bits per heavy atom. The lowest BCUT2D eigenvalue weighted by Crippen LogP contribution is -2.45. The van der Waals surface area contributed by atoms with Crippen LogP contribution in [0.25, 0.3) is 0 Å². The molecule has 3 heteroatoms. The normalized spacial score (nSPS) is 35.4. The highest BCUT2D eigenvalue weighted by Gasteiger charge is 2.36. The molecule has 0 spiro atoms. The van der Waals surface area contributed by atoms with E-state index in [0.717, 1.165) is 32.5 Å². The van der Waals surface area contributed by atoms with Gasteiger partial charge in [0.2, 0.25) is 0 Å². The largest absolute Gasteiger partial charge is 0.389 e. The van der Waals surface area contributed by atoms with Gasteiger partial charge in [-0.25, -0.2) is 0 Å². The Hall–Kier alpha value is -0.120. The maximum Gasteiger partial charge on any atom is 0.0774 e. The lowest BCUT2D eigenvalue weighted by molar-refractivity contribution is -0.0282. The van der Waals surface area contributed by atoms with Gasteiger partial charge in [-0.1, -0.05) is 19.3 Å². The van der Waals surface area contributed by atoms with Crippen LogP contribution < -0.4 is 5.73 Å². The second-order valence-corrected chi connectivity index (χ2v) is 5.90.